The van der Waals surface area contributed by atoms with Crippen LogP contribution in [0.5, 0.6) is 17.2 Å². The average molecular weight is 479 g/mol. The Bertz CT molecular complexity index is 986. The van der Waals surface area contributed by atoms with Crippen LogP contribution < -0.4 is 19.5 Å². The standard InChI is InChI=1S/C19H18ClF3N2O7/c1-29-5-6-31-17-9-14(25(27)28)12(8-16(17)30-2)18(26)24-13-7-11(20)3-4-15(13)32-10-19(21,22)23/h3-4,7-9H,5-6,10H2,1-2H3,(H,24,26). The normalized spacial score (nSPS) is 11.1. The lowest BCUT2D eigenvalue weighted by atomic mass is 10.1. The lowest BCUT2D eigenvalue weighted by Gasteiger charge is -2.15. The molecule has 0 saturated heterocycles. The number of rotatable bonds is 10. The Kier molecular flexibility index (Phi) is 8.49. The van der Waals surface area contributed by atoms with E-state index in [1.54, 1.807) is 0 Å². The Balaban J connectivity index is 2.38. The SMILES string of the molecule is COCCOc1cc([N+](=O)[O-])c(C(=O)Nc2cc(Cl)ccc2OCC(F)(F)F)cc1OC. The number of amides is 1. The van der Waals surface area contributed by atoms with E-state index in [9.17, 15) is 28.1 Å². The van der Waals surface area contributed by atoms with E-state index < -0.39 is 34.9 Å². The number of nitrogens with one attached hydrogen (secondary N) is 1. The maximum Gasteiger partial charge on any atom is 0.422 e. The van der Waals surface area contributed by atoms with Gasteiger partial charge >= 0.3 is 6.18 Å². The van der Waals surface area contributed by atoms with Gasteiger partial charge in [0, 0.05) is 18.2 Å². The van der Waals surface area contributed by atoms with Gasteiger partial charge in [-0.2, -0.15) is 13.2 Å². The highest BCUT2D eigenvalue weighted by atomic mass is 35.5. The van der Waals surface area contributed by atoms with Gasteiger partial charge in [-0.05, 0) is 18.2 Å². The summed E-state index contributed by atoms with van der Waals surface area (Å²) in [6.45, 7) is -1.34. The number of halogens is 4. The molecule has 0 heterocycles. The Morgan fingerprint density at radius 1 is 1.09 bits per heavy atom. The number of hydrogen-bond acceptors (Lipinski definition) is 7. The van der Waals surface area contributed by atoms with Crippen molar-refractivity contribution in [1.82, 2.24) is 0 Å². The zero-order chi connectivity index (χ0) is 23.9. The number of alkyl halides is 3. The van der Waals surface area contributed by atoms with Crippen LogP contribution in [0.4, 0.5) is 24.5 Å². The van der Waals surface area contributed by atoms with E-state index in [2.05, 4.69) is 5.32 Å². The van der Waals surface area contributed by atoms with Crippen molar-refractivity contribution >= 4 is 28.9 Å². The van der Waals surface area contributed by atoms with Crippen LogP contribution in [0.25, 0.3) is 0 Å². The first kappa shape index (κ1) is 25.0. The summed E-state index contributed by atoms with van der Waals surface area (Å²) in [4.78, 5) is 23.5. The van der Waals surface area contributed by atoms with E-state index in [4.69, 9.17) is 30.5 Å². The van der Waals surface area contributed by atoms with Crippen LogP contribution in [-0.2, 0) is 4.74 Å². The van der Waals surface area contributed by atoms with E-state index in [1.807, 2.05) is 0 Å². The van der Waals surface area contributed by atoms with Crippen molar-refractivity contribution in [2.24, 2.45) is 0 Å². The molecule has 2 aromatic carbocycles. The Hall–Kier alpha value is -3.25. The fourth-order valence-electron chi connectivity index (χ4n) is 2.46. The molecule has 0 radical (unpaired) electrons. The summed E-state index contributed by atoms with van der Waals surface area (Å²) >= 11 is 5.86. The number of hydrogen-bond donors (Lipinski definition) is 1. The fourth-order valence-corrected chi connectivity index (χ4v) is 2.64. The molecule has 1 amide bonds. The third-order valence-electron chi connectivity index (χ3n) is 3.85. The van der Waals surface area contributed by atoms with Crippen LogP contribution in [-0.4, -0.2) is 51.0 Å². The lowest BCUT2D eigenvalue weighted by Crippen LogP contribution is -2.20. The van der Waals surface area contributed by atoms with Crippen molar-refractivity contribution < 1.29 is 41.8 Å². The van der Waals surface area contributed by atoms with E-state index in [1.165, 1.54) is 20.3 Å². The second-order valence-corrected chi connectivity index (χ2v) is 6.55. The summed E-state index contributed by atoms with van der Waals surface area (Å²) in [6, 6.07) is 5.63. The largest absolute Gasteiger partial charge is 0.493 e. The van der Waals surface area contributed by atoms with E-state index in [0.29, 0.717) is 0 Å². The number of nitro groups is 1. The van der Waals surface area contributed by atoms with Gasteiger partial charge in [0.25, 0.3) is 11.6 Å². The van der Waals surface area contributed by atoms with Gasteiger partial charge in [-0.1, -0.05) is 11.6 Å². The molecule has 13 heteroatoms. The molecule has 0 spiro atoms. The minimum absolute atomic E-state index is 0.00440. The van der Waals surface area contributed by atoms with Crippen molar-refractivity contribution in [3.63, 3.8) is 0 Å². The summed E-state index contributed by atoms with van der Waals surface area (Å²) < 4.78 is 57.6. The molecular weight excluding hydrogens is 461 g/mol. The van der Waals surface area contributed by atoms with Crippen LogP contribution in [0.2, 0.25) is 5.02 Å². The smallest absolute Gasteiger partial charge is 0.422 e. The molecule has 2 rings (SSSR count). The summed E-state index contributed by atoms with van der Waals surface area (Å²) in [5, 5.41) is 13.9. The van der Waals surface area contributed by atoms with Gasteiger partial charge in [0.05, 0.1) is 30.4 Å². The molecule has 0 saturated carbocycles. The molecule has 32 heavy (non-hydrogen) atoms. The zero-order valence-corrected chi connectivity index (χ0v) is 17.6. The Morgan fingerprint density at radius 2 is 1.81 bits per heavy atom. The van der Waals surface area contributed by atoms with Crippen LogP contribution in [0, 0.1) is 10.1 Å². The summed E-state index contributed by atoms with van der Waals surface area (Å²) in [7, 11) is 2.71. The van der Waals surface area contributed by atoms with Crippen LogP contribution in [0.15, 0.2) is 30.3 Å². The minimum Gasteiger partial charge on any atom is -0.493 e. The fraction of sp³-hybridized carbons (Fsp3) is 0.316. The lowest BCUT2D eigenvalue weighted by molar-refractivity contribution is -0.385. The molecule has 0 fully saturated rings. The number of benzene rings is 2. The quantitative estimate of drug-likeness (QED) is 0.305. The van der Waals surface area contributed by atoms with Gasteiger partial charge in [0.1, 0.15) is 17.9 Å². The van der Waals surface area contributed by atoms with Crippen molar-refractivity contribution in [3.05, 3.63) is 51.0 Å². The van der Waals surface area contributed by atoms with Gasteiger partial charge in [-0.25, -0.2) is 0 Å². The minimum atomic E-state index is -4.62. The molecule has 2 aromatic rings. The summed E-state index contributed by atoms with van der Waals surface area (Å²) in [5.41, 5.74) is -1.25. The number of methoxy groups -OCH3 is 2. The molecular formula is C19H18ClF3N2O7. The molecule has 0 aliphatic rings. The maximum absolute atomic E-state index is 12.8. The maximum atomic E-state index is 12.8. The predicted octanol–water partition coefficient (Wildman–Crippen LogP) is 4.48. The molecule has 0 bridgehead atoms. The Labute approximate surface area is 185 Å². The molecule has 0 aliphatic carbocycles. The van der Waals surface area contributed by atoms with Crippen LogP contribution in [0.3, 0.4) is 0 Å². The molecule has 1 N–H and O–H groups in total. The van der Waals surface area contributed by atoms with Gasteiger partial charge in [-0.15, -0.1) is 0 Å². The number of nitrogens with zero attached hydrogens (tertiary/aromatic N) is 1. The van der Waals surface area contributed by atoms with Gasteiger partial charge in [0.15, 0.2) is 18.1 Å². The summed E-state index contributed by atoms with van der Waals surface area (Å²) in [5.74, 6) is -1.30. The number of carbonyl (C=O) groups excluding carboxylic acids is 1. The van der Waals surface area contributed by atoms with Gasteiger partial charge in [0.2, 0.25) is 0 Å². The molecule has 9 nitrogen and oxygen atoms in total. The van der Waals surface area contributed by atoms with Crippen LogP contribution >= 0.6 is 11.6 Å². The first-order valence-electron chi connectivity index (χ1n) is 8.84. The topological polar surface area (TPSA) is 109 Å². The molecule has 0 atom stereocenters. The predicted molar refractivity (Wildman–Crippen MR) is 108 cm³/mol. The van der Waals surface area contributed by atoms with Crippen molar-refractivity contribution in [1.29, 1.82) is 0 Å². The number of carbonyl (C=O) groups is 1. The summed E-state index contributed by atoms with van der Waals surface area (Å²) in [6.07, 6.45) is -4.62. The van der Waals surface area contributed by atoms with Crippen LogP contribution in [0.1, 0.15) is 10.4 Å². The van der Waals surface area contributed by atoms with Gasteiger partial charge < -0.3 is 24.3 Å². The van der Waals surface area contributed by atoms with Crippen molar-refractivity contribution in [2.45, 2.75) is 6.18 Å². The van der Waals surface area contributed by atoms with Gasteiger partial charge in [-0.3, -0.25) is 14.9 Å². The number of ether oxygens (including phenoxy) is 4. The molecule has 0 aliphatic heterocycles. The number of nitro benzene ring substituents is 1. The van der Waals surface area contributed by atoms with Crippen molar-refractivity contribution in [3.8, 4) is 17.2 Å². The molecule has 174 valence electrons. The zero-order valence-electron chi connectivity index (χ0n) is 16.8. The number of anilines is 1. The van der Waals surface area contributed by atoms with Crippen molar-refractivity contribution in [2.75, 3.05) is 39.4 Å². The second-order valence-electron chi connectivity index (χ2n) is 6.12. The monoisotopic (exact) mass is 478 g/mol. The first-order valence-corrected chi connectivity index (χ1v) is 9.22. The first-order chi connectivity index (χ1) is 15.1. The van der Waals surface area contributed by atoms with E-state index in [0.717, 1.165) is 24.3 Å². The van der Waals surface area contributed by atoms with E-state index in [-0.39, 0.29) is 41.2 Å². The second kappa shape index (κ2) is 10.9. The third-order valence-corrected chi connectivity index (χ3v) is 4.08. The Morgan fingerprint density at radius 3 is 2.41 bits per heavy atom. The third kappa shape index (κ3) is 6.89. The highest BCUT2D eigenvalue weighted by molar-refractivity contribution is 6.31. The highest BCUT2D eigenvalue weighted by Crippen LogP contribution is 2.36. The molecule has 0 unspecified atom stereocenters. The average Bonchev–Trinajstić information content (AvgIpc) is 2.72. The highest BCUT2D eigenvalue weighted by Gasteiger charge is 2.30. The molecule has 0 aromatic heterocycles. The van der Waals surface area contributed by atoms with E-state index >= 15 is 0 Å².